The quantitative estimate of drug-likeness (QED) is 0.733. The van der Waals surface area contributed by atoms with E-state index in [4.69, 9.17) is 5.11 Å². The zero-order chi connectivity index (χ0) is 19.3. The first-order valence-electron chi connectivity index (χ1n) is 7.60. The maximum Gasteiger partial charge on any atom is 0.416 e. The highest BCUT2D eigenvalue weighted by atomic mass is 19.4. The van der Waals surface area contributed by atoms with Crippen molar-refractivity contribution < 1.29 is 33.0 Å². The molecule has 2 aromatic rings. The highest BCUT2D eigenvalue weighted by molar-refractivity contribution is 5.87. The number of carbonyl (C=O) groups excluding carboxylic acids is 1. The zero-order valence-corrected chi connectivity index (χ0v) is 13.5. The highest BCUT2D eigenvalue weighted by Gasteiger charge is 2.30. The van der Waals surface area contributed by atoms with Crippen molar-refractivity contribution >= 4 is 11.9 Å². The molecule has 1 unspecified atom stereocenters. The summed E-state index contributed by atoms with van der Waals surface area (Å²) in [6.45, 7) is -0.477. The summed E-state index contributed by atoms with van der Waals surface area (Å²) in [6, 6.07) is 9.04. The Morgan fingerprint density at radius 2 is 1.58 bits per heavy atom. The summed E-state index contributed by atoms with van der Waals surface area (Å²) >= 11 is 0. The monoisotopic (exact) mass is 367 g/mol. The Morgan fingerprint density at radius 1 is 1.00 bits per heavy atom. The van der Waals surface area contributed by atoms with Gasteiger partial charge >= 0.3 is 12.1 Å². The number of rotatable bonds is 6. The van der Waals surface area contributed by atoms with Gasteiger partial charge in [0.25, 0.3) is 0 Å². The molecule has 0 aromatic heterocycles. The fourth-order valence-corrected chi connectivity index (χ4v) is 2.33. The molecule has 0 bridgehead atoms. The summed E-state index contributed by atoms with van der Waals surface area (Å²) < 4.78 is 37.7. The molecule has 1 atom stereocenters. The maximum absolute atomic E-state index is 12.6. The van der Waals surface area contributed by atoms with Crippen LogP contribution in [0.5, 0.6) is 0 Å². The number of carboxylic acid groups (broad SMARTS) is 1. The van der Waals surface area contributed by atoms with E-state index in [1.807, 2.05) is 0 Å². The van der Waals surface area contributed by atoms with Crippen molar-refractivity contribution in [3.05, 3.63) is 70.8 Å². The van der Waals surface area contributed by atoms with Crippen LogP contribution in [-0.2, 0) is 17.4 Å². The van der Waals surface area contributed by atoms with E-state index < -0.39 is 36.3 Å². The predicted octanol–water partition coefficient (Wildman–Crippen LogP) is 2.80. The Morgan fingerprint density at radius 3 is 2.04 bits per heavy atom. The molecule has 3 N–H and O–H groups in total. The van der Waals surface area contributed by atoms with Gasteiger partial charge in [-0.05, 0) is 35.4 Å². The molecule has 0 heterocycles. The van der Waals surface area contributed by atoms with E-state index in [9.17, 15) is 27.9 Å². The van der Waals surface area contributed by atoms with Crippen LogP contribution in [0.2, 0.25) is 0 Å². The lowest BCUT2D eigenvalue weighted by Crippen LogP contribution is -2.32. The molecule has 0 aliphatic rings. The standard InChI is InChI=1S/C18H16F3NO4/c19-18(20,21)14-7-5-12(6-8-14)15(10-23)22-16(24)9-11-1-3-13(4-2-11)17(25)26/h1-8,15,23H,9-10H2,(H,22,24)(H,25,26). The molecule has 0 aliphatic carbocycles. The molecule has 2 rings (SSSR count). The molecule has 0 spiro atoms. The lowest BCUT2D eigenvalue weighted by atomic mass is 10.0. The van der Waals surface area contributed by atoms with Gasteiger partial charge in [0.2, 0.25) is 5.91 Å². The Labute approximate surface area is 147 Å². The average Bonchev–Trinajstić information content (AvgIpc) is 2.59. The van der Waals surface area contributed by atoms with E-state index in [2.05, 4.69) is 5.32 Å². The molecule has 8 heteroatoms. The van der Waals surface area contributed by atoms with Gasteiger partial charge in [0.05, 0.1) is 30.2 Å². The Bertz CT molecular complexity index is 771. The second kappa shape index (κ2) is 8.01. The van der Waals surface area contributed by atoms with Crippen LogP contribution in [0.1, 0.15) is 33.1 Å². The molecule has 138 valence electrons. The number of benzene rings is 2. The SMILES string of the molecule is O=C(Cc1ccc(C(=O)O)cc1)NC(CO)c1ccc(C(F)(F)F)cc1. The van der Waals surface area contributed by atoms with E-state index in [0.29, 0.717) is 11.1 Å². The first kappa shape index (κ1) is 19.5. The lowest BCUT2D eigenvalue weighted by molar-refractivity contribution is -0.137. The molecule has 26 heavy (non-hydrogen) atoms. The molecule has 0 aliphatic heterocycles. The number of aliphatic hydroxyl groups is 1. The van der Waals surface area contributed by atoms with Crippen LogP contribution in [-0.4, -0.2) is 28.7 Å². The van der Waals surface area contributed by atoms with E-state index in [1.54, 1.807) is 0 Å². The number of aromatic carboxylic acids is 1. The van der Waals surface area contributed by atoms with Gasteiger partial charge in [-0.2, -0.15) is 13.2 Å². The van der Waals surface area contributed by atoms with Gasteiger partial charge in [0, 0.05) is 0 Å². The number of carbonyl (C=O) groups is 2. The van der Waals surface area contributed by atoms with Gasteiger partial charge in [-0.15, -0.1) is 0 Å². The molecule has 0 fully saturated rings. The molecule has 2 aromatic carbocycles. The van der Waals surface area contributed by atoms with Crippen molar-refractivity contribution in [3.63, 3.8) is 0 Å². The molecular formula is C18H16F3NO4. The van der Waals surface area contributed by atoms with Crippen LogP contribution in [0.4, 0.5) is 13.2 Å². The van der Waals surface area contributed by atoms with Gasteiger partial charge in [-0.25, -0.2) is 4.79 Å². The summed E-state index contributed by atoms with van der Waals surface area (Å²) in [5, 5.41) is 20.8. The van der Waals surface area contributed by atoms with Crippen LogP contribution in [0.3, 0.4) is 0 Å². The number of amides is 1. The minimum absolute atomic E-state index is 0.0585. The van der Waals surface area contributed by atoms with Crippen molar-refractivity contribution in [1.82, 2.24) is 5.32 Å². The molecule has 1 amide bonds. The first-order chi connectivity index (χ1) is 12.2. The van der Waals surface area contributed by atoms with Crippen molar-refractivity contribution in [1.29, 1.82) is 0 Å². The Kier molecular flexibility index (Phi) is 5.99. The van der Waals surface area contributed by atoms with Gasteiger partial charge in [-0.1, -0.05) is 24.3 Å². The van der Waals surface area contributed by atoms with Crippen molar-refractivity contribution in [3.8, 4) is 0 Å². The first-order valence-corrected chi connectivity index (χ1v) is 7.60. The van der Waals surface area contributed by atoms with Gasteiger partial charge in [-0.3, -0.25) is 4.79 Å². The van der Waals surface area contributed by atoms with E-state index in [0.717, 1.165) is 12.1 Å². The second-order valence-corrected chi connectivity index (χ2v) is 5.60. The smallest absolute Gasteiger partial charge is 0.416 e. The summed E-state index contributed by atoms with van der Waals surface area (Å²) in [5.41, 5.74) is 0.182. The third kappa shape index (κ3) is 5.06. The topological polar surface area (TPSA) is 86.6 Å². The number of halogens is 3. The number of aliphatic hydroxyl groups excluding tert-OH is 1. The van der Waals surface area contributed by atoms with Gasteiger partial charge < -0.3 is 15.5 Å². The van der Waals surface area contributed by atoms with Crippen LogP contribution in [0, 0.1) is 0 Å². The van der Waals surface area contributed by atoms with Crippen molar-refractivity contribution in [2.45, 2.75) is 18.6 Å². The van der Waals surface area contributed by atoms with Crippen LogP contribution in [0.15, 0.2) is 48.5 Å². The number of alkyl halides is 3. The maximum atomic E-state index is 12.6. The summed E-state index contributed by atoms with van der Waals surface area (Å²) in [5.74, 6) is -1.53. The average molecular weight is 367 g/mol. The fourth-order valence-electron chi connectivity index (χ4n) is 2.33. The van der Waals surface area contributed by atoms with E-state index in [-0.39, 0.29) is 12.0 Å². The minimum Gasteiger partial charge on any atom is -0.478 e. The normalized spacial score (nSPS) is 12.5. The fraction of sp³-hybridized carbons (Fsp3) is 0.222. The lowest BCUT2D eigenvalue weighted by Gasteiger charge is -2.17. The van der Waals surface area contributed by atoms with Crippen LogP contribution >= 0.6 is 0 Å². The van der Waals surface area contributed by atoms with Gasteiger partial charge in [0.15, 0.2) is 0 Å². The molecule has 5 nitrogen and oxygen atoms in total. The summed E-state index contributed by atoms with van der Waals surface area (Å²) in [6.07, 6.45) is -4.52. The predicted molar refractivity (Wildman–Crippen MR) is 86.5 cm³/mol. The molecule has 0 radical (unpaired) electrons. The zero-order valence-electron chi connectivity index (χ0n) is 13.5. The largest absolute Gasteiger partial charge is 0.478 e. The summed E-state index contributed by atoms with van der Waals surface area (Å²) in [7, 11) is 0. The number of hydrogen-bond donors (Lipinski definition) is 3. The number of hydrogen-bond acceptors (Lipinski definition) is 3. The second-order valence-electron chi connectivity index (χ2n) is 5.60. The van der Waals surface area contributed by atoms with Crippen LogP contribution < -0.4 is 5.32 Å². The number of nitrogens with one attached hydrogen (secondary N) is 1. The minimum atomic E-state index is -4.46. The third-order valence-corrected chi connectivity index (χ3v) is 3.72. The van der Waals surface area contributed by atoms with Crippen molar-refractivity contribution in [2.75, 3.05) is 6.61 Å². The number of carboxylic acids is 1. The third-order valence-electron chi connectivity index (χ3n) is 3.72. The van der Waals surface area contributed by atoms with E-state index in [1.165, 1.54) is 36.4 Å². The Hall–Kier alpha value is -2.87. The molecule has 0 saturated carbocycles. The van der Waals surface area contributed by atoms with Gasteiger partial charge in [0.1, 0.15) is 0 Å². The summed E-state index contributed by atoms with van der Waals surface area (Å²) in [4.78, 5) is 22.9. The molecule has 0 saturated heterocycles. The van der Waals surface area contributed by atoms with E-state index >= 15 is 0 Å². The highest BCUT2D eigenvalue weighted by Crippen LogP contribution is 2.29. The van der Waals surface area contributed by atoms with Crippen molar-refractivity contribution in [2.24, 2.45) is 0 Å². The molecular weight excluding hydrogens is 351 g/mol. The Balaban J connectivity index is 2.02. The van der Waals surface area contributed by atoms with Crippen LogP contribution in [0.25, 0.3) is 0 Å².